The third-order valence-corrected chi connectivity index (χ3v) is 5.35. The Hall–Kier alpha value is -2.38. The van der Waals surface area contributed by atoms with Crippen molar-refractivity contribution in [3.8, 4) is 0 Å². The molecule has 0 saturated carbocycles. The summed E-state index contributed by atoms with van der Waals surface area (Å²) in [6.45, 7) is 1.18. The number of likely N-dealkylation sites (tertiary alicyclic amines) is 1. The fraction of sp³-hybridized carbons (Fsp3) is 0.278. The van der Waals surface area contributed by atoms with E-state index in [9.17, 15) is 14.9 Å². The Balaban J connectivity index is 1.56. The highest BCUT2D eigenvalue weighted by molar-refractivity contribution is 8.00. The van der Waals surface area contributed by atoms with Crippen LogP contribution in [0, 0.1) is 10.1 Å². The highest BCUT2D eigenvalue weighted by Crippen LogP contribution is 2.28. The number of rotatable bonds is 5. The van der Waals surface area contributed by atoms with Crippen molar-refractivity contribution in [3.05, 3.63) is 70.3 Å². The lowest BCUT2D eigenvalue weighted by Crippen LogP contribution is -2.33. The van der Waals surface area contributed by atoms with E-state index in [-0.39, 0.29) is 23.6 Å². The second-order valence-electron chi connectivity index (χ2n) is 6.02. The van der Waals surface area contributed by atoms with E-state index in [1.54, 1.807) is 17.0 Å². The van der Waals surface area contributed by atoms with Crippen LogP contribution in [0.1, 0.15) is 11.5 Å². The van der Waals surface area contributed by atoms with E-state index in [0.717, 1.165) is 10.5 Å². The summed E-state index contributed by atoms with van der Waals surface area (Å²) in [7, 11) is 0. The first-order valence-corrected chi connectivity index (χ1v) is 8.98. The molecule has 0 aromatic heterocycles. The summed E-state index contributed by atoms with van der Waals surface area (Å²) in [5.74, 6) is 0.498. The number of thioether (sulfide) groups is 1. The van der Waals surface area contributed by atoms with Crippen molar-refractivity contribution in [2.24, 2.45) is 5.73 Å². The third-order valence-electron chi connectivity index (χ3n) is 4.36. The van der Waals surface area contributed by atoms with Crippen molar-refractivity contribution < 1.29 is 9.72 Å². The highest BCUT2D eigenvalue weighted by atomic mass is 32.2. The van der Waals surface area contributed by atoms with E-state index in [1.807, 2.05) is 30.3 Å². The lowest BCUT2D eigenvalue weighted by molar-refractivity contribution is -0.384. The van der Waals surface area contributed by atoms with Crippen LogP contribution in [0.3, 0.4) is 0 Å². The molecular weight excluding hydrogens is 338 g/mol. The molecule has 1 fully saturated rings. The van der Waals surface area contributed by atoms with Crippen LogP contribution in [0.25, 0.3) is 0 Å². The van der Waals surface area contributed by atoms with Gasteiger partial charge in [-0.15, -0.1) is 11.8 Å². The van der Waals surface area contributed by atoms with Crippen molar-refractivity contribution in [2.75, 3.05) is 18.8 Å². The number of carbonyl (C=O) groups excluding carboxylic acids is 1. The van der Waals surface area contributed by atoms with Gasteiger partial charge in [-0.1, -0.05) is 30.3 Å². The van der Waals surface area contributed by atoms with Gasteiger partial charge in [0, 0.05) is 42.1 Å². The Morgan fingerprint density at radius 2 is 1.84 bits per heavy atom. The number of non-ortho nitro benzene ring substituents is 1. The minimum Gasteiger partial charge on any atom is -0.340 e. The van der Waals surface area contributed by atoms with E-state index < -0.39 is 4.92 Å². The molecule has 1 saturated heterocycles. The zero-order chi connectivity index (χ0) is 17.8. The first-order chi connectivity index (χ1) is 12.0. The molecule has 2 aromatic carbocycles. The average molecular weight is 357 g/mol. The van der Waals surface area contributed by atoms with Gasteiger partial charge in [0.25, 0.3) is 5.69 Å². The summed E-state index contributed by atoms with van der Waals surface area (Å²) in [6.07, 6.45) is 0. The lowest BCUT2D eigenvalue weighted by atomic mass is 9.95. The first kappa shape index (κ1) is 17.4. The molecule has 25 heavy (non-hydrogen) atoms. The van der Waals surface area contributed by atoms with Crippen LogP contribution in [-0.4, -0.2) is 40.6 Å². The van der Waals surface area contributed by atoms with Gasteiger partial charge in [-0.25, -0.2) is 0 Å². The summed E-state index contributed by atoms with van der Waals surface area (Å²) >= 11 is 1.38. The number of benzene rings is 2. The monoisotopic (exact) mass is 357 g/mol. The second-order valence-corrected chi connectivity index (χ2v) is 7.07. The molecule has 0 aliphatic carbocycles. The molecule has 0 radical (unpaired) electrons. The highest BCUT2D eigenvalue weighted by Gasteiger charge is 2.33. The van der Waals surface area contributed by atoms with Crippen LogP contribution < -0.4 is 5.73 Å². The van der Waals surface area contributed by atoms with Gasteiger partial charge in [0.1, 0.15) is 0 Å². The summed E-state index contributed by atoms with van der Waals surface area (Å²) < 4.78 is 0. The molecule has 6 nitrogen and oxygen atoms in total. The Labute approximate surface area is 150 Å². The molecule has 1 aliphatic heterocycles. The number of nitrogens with zero attached hydrogens (tertiary/aromatic N) is 2. The van der Waals surface area contributed by atoms with E-state index in [2.05, 4.69) is 0 Å². The molecule has 2 N–H and O–H groups in total. The van der Waals surface area contributed by atoms with Gasteiger partial charge < -0.3 is 10.6 Å². The zero-order valence-corrected chi connectivity index (χ0v) is 14.4. The Morgan fingerprint density at radius 3 is 2.48 bits per heavy atom. The Kier molecular flexibility index (Phi) is 5.35. The van der Waals surface area contributed by atoms with Crippen LogP contribution in [0.15, 0.2) is 59.5 Å². The number of hydrogen-bond acceptors (Lipinski definition) is 5. The van der Waals surface area contributed by atoms with Crippen LogP contribution in [0.2, 0.25) is 0 Å². The lowest BCUT2D eigenvalue weighted by Gasteiger charge is -2.16. The number of carbonyl (C=O) groups is 1. The Bertz CT molecular complexity index is 752. The summed E-state index contributed by atoms with van der Waals surface area (Å²) in [6, 6.07) is 16.2. The maximum absolute atomic E-state index is 12.5. The van der Waals surface area contributed by atoms with Crippen LogP contribution in [0.5, 0.6) is 0 Å². The first-order valence-electron chi connectivity index (χ1n) is 8.00. The fourth-order valence-corrected chi connectivity index (χ4v) is 3.79. The van der Waals surface area contributed by atoms with Gasteiger partial charge in [0.05, 0.1) is 10.7 Å². The molecule has 1 aliphatic rings. The zero-order valence-electron chi connectivity index (χ0n) is 13.6. The van der Waals surface area contributed by atoms with Crippen molar-refractivity contribution >= 4 is 23.4 Å². The molecule has 7 heteroatoms. The molecule has 0 unspecified atom stereocenters. The minimum atomic E-state index is -0.436. The van der Waals surface area contributed by atoms with Crippen molar-refractivity contribution in [2.45, 2.75) is 16.9 Å². The van der Waals surface area contributed by atoms with E-state index in [1.165, 1.54) is 23.9 Å². The molecule has 0 bridgehead atoms. The molecule has 2 aromatic rings. The minimum absolute atomic E-state index is 0.0391. The van der Waals surface area contributed by atoms with Crippen LogP contribution in [-0.2, 0) is 4.79 Å². The number of nitro groups is 1. The van der Waals surface area contributed by atoms with Gasteiger partial charge in [0.2, 0.25) is 5.91 Å². The molecular formula is C18H19N3O3S. The van der Waals surface area contributed by atoms with E-state index in [4.69, 9.17) is 5.73 Å². The average Bonchev–Trinajstić information content (AvgIpc) is 3.02. The second kappa shape index (κ2) is 7.67. The van der Waals surface area contributed by atoms with Gasteiger partial charge in [-0.2, -0.15) is 0 Å². The van der Waals surface area contributed by atoms with E-state index >= 15 is 0 Å². The van der Waals surface area contributed by atoms with Gasteiger partial charge in [-0.05, 0) is 17.7 Å². The smallest absolute Gasteiger partial charge is 0.269 e. The van der Waals surface area contributed by atoms with Gasteiger partial charge >= 0.3 is 0 Å². The number of amides is 1. The molecule has 1 amide bonds. The number of hydrogen-bond donors (Lipinski definition) is 1. The predicted octanol–water partition coefficient (Wildman–Crippen LogP) is 2.64. The van der Waals surface area contributed by atoms with Gasteiger partial charge in [-0.3, -0.25) is 14.9 Å². The Morgan fingerprint density at radius 1 is 1.16 bits per heavy atom. The molecule has 0 spiro atoms. The molecule has 3 rings (SSSR count). The summed E-state index contributed by atoms with van der Waals surface area (Å²) in [4.78, 5) is 25.3. The van der Waals surface area contributed by atoms with E-state index in [0.29, 0.717) is 18.8 Å². The van der Waals surface area contributed by atoms with Gasteiger partial charge in [0.15, 0.2) is 0 Å². The normalized spacial score (nSPS) is 19.8. The maximum atomic E-state index is 12.5. The third kappa shape index (κ3) is 4.18. The van der Waals surface area contributed by atoms with Crippen LogP contribution in [0.4, 0.5) is 5.69 Å². The predicted molar refractivity (Wildman–Crippen MR) is 97.6 cm³/mol. The summed E-state index contributed by atoms with van der Waals surface area (Å²) in [5.41, 5.74) is 7.44. The standard InChI is InChI=1S/C18H19N3O3S/c19-17-11-20(10-16(17)13-4-2-1-3-5-13)18(22)12-25-15-8-6-14(7-9-15)21(23)24/h1-9,16-17H,10-12,19H2/t16-,17+/m0/s1. The topological polar surface area (TPSA) is 89.5 Å². The van der Waals surface area contributed by atoms with Crippen LogP contribution >= 0.6 is 11.8 Å². The quantitative estimate of drug-likeness (QED) is 0.505. The number of nitrogens with two attached hydrogens (primary N) is 1. The fourth-order valence-electron chi connectivity index (χ4n) is 2.99. The SMILES string of the molecule is N[C@@H]1CN(C(=O)CSc2ccc([N+](=O)[O-])cc2)C[C@H]1c1ccccc1. The van der Waals surface area contributed by atoms with Crippen molar-refractivity contribution in [1.29, 1.82) is 0 Å². The molecule has 2 atom stereocenters. The number of nitro benzene ring substituents is 1. The molecule has 1 heterocycles. The molecule has 130 valence electrons. The largest absolute Gasteiger partial charge is 0.340 e. The van der Waals surface area contributed by atoms with Crippen molar-refractivity contribution in [3.63, 3.8) is 0 Å². The van der Waals surface area contributed by atoms with Crippen molar-refractivity contribution in [1.82, 2.24) is 4.90 Å². The summed E-state index contributed by atoms with van der Waals surface area (Å²) in [5, 5.41) is 10.7. The maximum Gasteiger partial charge on any atom is 0.269 e.